The van der Waals surface area contributed by atoms with Crippen LogP contribution in [0.3, 0.4) is 0 Å². The second-order valence-corrected chi connectivity index (χ2v) is 8.93. The van der Waals surface area contributed by atoms with Crippen LogP contribution in [0.2, 0.25) is 0 Å². The van der Waals surface area contributed by atoms with Crippen molar-refractivity contribution in [2.24, 2.45) is 0 Å². The first-order valence-corrected chi connectivity index (χ1v) is 11.3. The number of carbonyl (C=O) groups is 1. The Hall–Kier alpha value is -2.19. The van der Waals surface area contributed by atoms with E-state index in [1.807, 2.05) is 11.0 Å². The molecule has 1 aliphatic rings. The molecule has 28 heavy (non-hydrogen) atoms. The number of tetrazole rings is 1. The standard InChI is InChI=1S/C20H23N5OS2/c1-4-17-16-8-10-27-18(16)7-9-24(17)19(26)12-28-20-21-22-23-25(20)15-6-5-13(2)14(3)11-15/h5-6,8,10-11,17H,4,7,9,12H2,1-3H3. The van der Waals surface area contributed by atoms with Crippen molar-refractivity contribution < 1.29 is 4.79 Å². The molecule has 0 bridgehead atoms. The number of amides is 1. The van der Waals surface area contributed by atoms with Crippen LogP contribution in [0.15, 0.2) is 34.8 Å². The molecule has 1 amide bonds. The Morgan fingerprint density at radius 2 is 2.14 bits per heavy atom. The topological polar surface area (TPSA) is 63.9 Å². The van der Waals surface area contributed by atoms with Gasteiger partial charge in [0, 0.05) is 11.4 Å². The maximum absolute atomic E-state index is 13.0. The van der Waals surface area contributed by atoms with Crippen LogP contribution in [-0.4, -0.2) is 43.3 Å². The van der Waals surface area contributed by atoms with Gasteiger partial charge in [0.15, 0.2) is 0 Å². The smallest absolute Gasteiger partial charge is 0.233 e. The van der Waals surface area contributed by atoms with E-state index in [9.17, 15) is 4.79 Å². The first-order chi connectivity index (χ1) is 13.6. The fraction of sp³-hybridized carbons (Fsp3) is 0.400. The summed E-state index contributed by atoms with van der Waals surface area (Å²) in [5, 5.41) is 14.8. The Morgan fingerprint density at radius 3 is 2.93 bits per heavy atom. The minimum absolute atomic E-state index is 0.142. The maximum atomic E-state index is 13.0. The third kappa shape index (κ3) is 3.58. The Balaban J connectivity index is 1.48. The molecule has 8 heteroatoms. The summed E-state index contributed by atoms with van der Waals surface area (Å²) in [5.74, 6) is 0.476. The minimum Gasteiger partial charge on any atom is -0.335 e. The maximum Gasteiger partial charge on any atom is 0.233 e. The van der Waals surface area contributed by atoms with Crippen LogP contribution in [-0.2, 0) is 11.2 Å². The zero-order valence-electron chi connectivity index (χ0n) is 16.3. The van der Waals surface area contributed by atoms with E-state index in [0.717, 1.165) is 25.1 Å². The number of hydrogen-bond donors (Lipinski definition) is 0. The molecule has 3 heterocycles. The molecule has 1 aromatic carbocycles. The van der Waals surface area contributed by atoms with Crippen LogP contribution < -0.4 is 0 Å². The highest BCUT2D eigenvalue weighted by molar-refractivity contribution is 7.99. The van der Waals surface area contributed by atoms with Crippen molar-refractivity contribution in [1.29, 1.82) is 0 Å². The van der Waals surface area contributed by atoms with Gasteiger partial charge >= 0.3 is 0 Å². The van der Waals surface area contributed by atoms with Crippen molar-refractivity contribution >= 4 is 29.0 Å². The molecule has 0 N–H and O–H groups in total. The number of thiophene rings is 1. The van der Waals surface area contributed by atoms with Crippen LogP contribution >= 0.6 is 23.1 Å². The highest BCUT2D eigenvalue weighted by Crippen LogP contribution is 2.35. The van der Waals surface area contributed by atoms with Crippen molar-refractivity contribution in [2.75, 3.05) is 12.3 Å². The van der Waals surface area contributed by atoms with E-state index in [1.54, 1.807) is 16.0 Å². The summed E-state index contributed by atoms with van der Waals surface area (Å²) in [6, 6.07) is 8.47. The molecule has 3 aromatic rings. The van der Waals surface area contributed by atoms with Gasteiger partial charge in [0.05, 0.1) is 17.5 Å². The Kier molecular flexibility index (Phi) is 5.50. The number of hydrogen-bond acceptors (Lipinski definition) is 6. The highest BCUT2D eigenvalue weighted by atomic mass is 32.2. The summed E-state index contributed by atoms with van der Waals surface area (Å²) in [6.45, 7) is 7.08. The third-order valence-corrected chi connectivity index (χ3v) is 7.20. The molecule has 0 radical (unpaired) electrons. The summed E-state index contributed by atoms with van der Waals surface area (Å²) in [7, 11) is 0. The molecular formula is C20H23N5OS2. The van der Waals surface area contributed by atoms with Gasteiger partial charge in [0.2, 0.25) is 11.1 Å². The number of rotatable bonds is 5. The van der Waals surface area contributed by atoms with E-state index in [4.69, 9.17) is 0 Å². The lowest BCUT2D eigenvalue weighted by Gasteiger charge is -2.35. The average molecular weight is 414 g/mol. The van der Waals surface area contributed by atoms with E-state index in [-0.39, 0.29) is 11.9 Å². The zero-order valence-corrected chi connectivity index (χ0v) is 17.9. The summed E-state index contributed by atoms with van der Waals surface area (Å²) < 4.78 is 1.70. The lowest BCUT2D eigenvalue weighted by atomic mass is 9.98. The number of aromatic nitrogens is 4. The number of fused-ring (bicyclic) bond motifs is 1. The lowest BCUT2D eigenvalue weighted by molar-refractivity contribution is -0.131. The van der Waals surface area contributed by atoms with Crippen LogP contribution in [0.4, 0.5) is 0 Å². The van der Waals surface area contributed by atoms with Gasteiger partial charge in [-0.25, -0.2) is 0 Å². The summed E-state index contributed by atoms with van der Waals surface area (Å²) in [6.07, 6.45) is 1.88. The van der Waals surface area contributed by atoms with Crippen LogP contribution in [0.5, 0.6) is 0 Å². The normalized spacial score (nSPS) is 16.2. The van der Waals surface area contributed by atoms with Crippen LogP contribution in [0.25, 0.3) is 5.69 Å². The van der Waals surface area contributed by atoms with Gasteiger partial charge < -0.3 is 4.90 Å². The molecule has 0 fully saturated rings. The second kappa shape index (κ2) is 8.05. The van der Waals surface area contributed by atoms with Crippen LogP contribution in [0, 0.1) is 13.8 Å². The molecule has 1 aliphatic heterocycles. The van der Waals surface area contributed by atoms with E-state index < -0.39 is 0 Å². The van der Waals surface area contributed by atoms with E-state index in [0.29, 0.717) is 10.9 Å². The van der Waals surface area contributed by atoms with Crippen LogP contribution in [0.1, 0.15) is 41.0 Å². The fourth-order valence-electron chi connectivity index (χ4n) is 3.63. The van der Waals surface area contributed by atoms with Crippen molar-refractivity contribution in [2.45, 2.75) is 44.8 Å². The number of nitrogens with zero attached hydrogens (tertiary/aromatic N) is 5. The zero-order chi connectivity index (χ0) is 19.7. The summed E-state index contributed by atoms with van der Waals surface area (Å²) in [4.78, 5) is 16.4. The molecule has 0 aliphatic carbocycles. The van der Waals surface area contributed by atoms with Gasteiger partial charge in [0.1, 0.15) is 0 Å². The molecular weight excluding hydrogens is 390 g/mol. The molecule has 1 unspecified atom stereocenters. The summed E-state index contributed by atoms with van der Waals surface area (Å²) in [5.41, 5.74) is 4.64. The van der Waals surface area contributed by atoms with E-state index >= 15 is 0 Å². The lowest BCUT2D eigenvalue weighted by Crippen LogP contribution is -2.40. The molecule has 0 saturated heterocycles. The van der Waals surface area contributed by atoms with Gasteiger partial charge in [-0.1, -0.05) is 24.8 Å². The molecule has 2 aromatic heterocycles. The quantitative estimate of drug-likeness (QED) is 0.592. The Labute approximate surface area is 172 Å². The van der Waals surface area contributed by atoms with Gasteiger partial charge in [-0.2, -0.15) is 4.68 Å². The SMILES string of the molecule is CCC1c2ccsc2CCN1C(=O)CSc1nnnn1-c1ccc(C)c(C)c1. The van der Waals surface area contributed by atoms with Crippen molar-refractivity contribution in [3.05, 3.63) is 51.2 Å². The van der Waals surface area contributed by atoms with Crippen molar-refractivity contribution in [1.82, 2.24) is 25.1 Å². The second-order valence-electron chi connectivity index (χ2n) is 6.99. The largest absolute Gasteiger partial charge is 0.335 e. The highest BCUT2D eigenvalue weighted by Gasteiger charge is 2.30. The molecule has 4 rings (SSSR count). The molecule has 0 spiro atoms. The van der Waals surface area contributed by atoms with E-state index in [1.165, 1.54) is 33.3 Å². The Morgan fingerprint density at radius 1 is 1.29 bits per heavy atom. The monoisotopic (exact) mass is 413 g/mol. The number of aryl methyl sites for hydroxylation is 2. The predicted molar refractivity (Wildman–Crippen MR) is 112 cm³/mol. The third-order valence-electron chi connectivity index (χ3n) is 5.30. The van der Waals surface area contributed by atoms with Crippen molar-refractivity contribution in [3.8, 4) is 5.69 Å². The molecule has 1 atom stereocenters. The first-order valence-electron chi connectivity index (χ1n) is 9.43. The summed E-state index contributed by atoms with van der Waals surface area (Å²) >= 11 is 3.19. The van der Waals surface area contributed by atoms with E-state index in [2.05, 4.69) is 59.9 Å². The van der Waals surface area contributed by atoms with Gasteiger partial charge in [-0.15, -0.1) is 16.4 Å². The number of thioether (sulfide) groups is 1. The Bertz CT molecular complexity index is 996. The molecule has 146 valence electrons. The fourth-order valence-corrected chi connectivity index (χ4v) is 5.34. The predicted octanol–water partition coefficient (Wildman–Crippen LogP) is 3.97. The minimum atomic E-state index is 0.142. The molecule has 0 saturated carbocycles. The molecule has 6 nitrogen and oxygen atoms in total. The number of benzene rings is 1. The number of carbonyl (C=O) groups excluding carboxylic acids is 1. The van der Waals surface area contributed by atoms with Gasteiger partial charge in [-0.3, -0.25) is 4.79 Å². The van der Waals surface area contributed by atoms with Gasteiger partial charge in [-0.05, 0) is 77.4 Å². The van der Waals surface area contributed by atoms with Crippen molar-refractivity contribution in [3.63, 3.8) is 0 Å². The average Bonchev–Trinajstić information content (AvgIpc) is 3.36. The first kappa shape index (κ1) is 19.1. The van der Waals surface area contributed by atoms with Gasteiger partial charge in [0.25, 0.3) is 0 Å².